The average molecular weight is 353 g/mol. The van der Waals surface area contributed by atoms with E-state index in [4.69, 9.17) is 9.47 Å². The van der Waals surface area contributed by atoms with Gasteiger partial charge in [-0.1, -0.05) is 24.3 Å². The number of para-hydroxylation sites is 1. The second kappa shape index (κ2) is 8.38. The van der Waals surface area contributed by atoms with E-state index in [0.29, 0.717) is 18.9 Å². The summed E-state index contributed by atoms with van der Waals surface area (Å²) in [7, 11) is 1.61. The zero-order valence-electron chi connectivity index (χ0n) is 15.1. The molecule has 0 aromatic heterocycles. The molecule has 1 N–H and O–H groups in total. The summed E-state index contributed by atoms with van der Waals surface area (Å²) in [5.74, 6) is 0.521. The lowest BCUT2D eigenvalue weighted by atomic mass is 10.0. The van der Waals surface area contributed by atoms with Gasteiger partial charge in [0.2, 0.25) is 5.84 Å². The fraction of sp³-hybridized carbons (Fsp3) is 0.300. The first-order valence-corrected chi connectivity index (χ1v) is 8.73. The quantitative estimate of drug-likeness (QED) is 0.395. The van der Waals surface area contributed by atoms with Crippen LogP contribution in [-0.4, -0.2) is 32.1 Å². The number of hydrogen-bond acceptors (Lipinski definition) is 5. The van der Waals surface area contributed by atoms with Crippen molar-refractivity contribution in [2.75, 3.05) is 30.6 Å². The molecule has 6 nitrogen and oxygen atoms in total. The lowest BCUT2D eigenvalue weighted by Crippen LogP contribution is -2.41. The molecule has 6 heteroatoms. The van der Waals surface area contributed by atoms with Crippen molar-refractivity contribution in [1.29, 1.82) is 0 Å². The number of amidine groups is 1. The lowest BCUT2D eigenvalue weighted by molar-refractivity contribution is -0.135. The van der Waals surface area contributed by atoms with Crippen LogP contribution in [-0.2, 0) is 16.0 Å². The van der Waals surface area contributed by atoms with Crippen molar-refractivity contribution in [1.82, 2.24) is 0 Å². The molecule has 0 radical (unpaired) electrons. The Bertz CT molecular complexity index is 804. The van der Waals surface area contributed by atoms with Gasteiger partial charge in [0.15, 0.2) is 0 Å². The number of ether oxygens (including phenoxy) is 2. The fourth-order valence-corrected chi connectivity index (χ4v) is 2.98. The maximum Gasteiger partial charge on any atom is 0.376 e. The summed E-state index contributed by atoms with van der Waals surface area (Å²) in [4.78, 5) is 14.5. The molecule has 0 bridgehead atoms. The maximum absolute atomic E-state index is 12.5. The molecule has 2 aromatic carbocycles. The van der Waals surface area contributed by atoms with Gasteiger partial charge in [0, 0.05) is 18.3 Å². The number of anilines is 2. The molecule has 1 heterocycles. The van der Waals surface area contributed by atoms with E-state index < -0.39 is 5.97 Å². The molecule has 0 saturated carbocycles. The van der Waals surface area contributed by atoms with E-state index in [0.717, 1.165) is 24.2 Å². The van der Waals surface area contributed by atoms with Gasteiger partial charge in [0.1, 0.15) is 5.75 Å². The number of fused-ring (bicyclic) bond motifs is 1. The summed E-state index contributed by atoms with van der Waals surface area (Å²) in [5, 5.41) is 4.37. The van der Waals surface area contributed by atoms with Crippen LogP contribution < -0.4 is 15.1 Å². The van der Waals surface area contributed by atoms with Gasteiger partial charge in [-0.05, 0) is 43.5 Å². The van der Waals surface area contributed by atoms with Gasteiger partial charge in [0.05, 0.1) is 19.4 Å². The molecule has 3 rings (SSSR count). The third-order valence-electron chi connectivity index (χ3n) is 4.18. The highest BCUT2D eigenvalue weighted by atomic mass is 16.5. The first-order valence-electron chi connectivity index (χ1n) is 8.73. The fourth-order valence-electron chi connectivity index (χ4n) is 2.98. The Hall–Kier alpha value is -3.02. The Balaban J connectivity index is 1.92. The van der Waals surface area contributed by atoms with E-state index in [9.17, 15) is 4.79 Å². The molecular weight excluding hydrogens is 330 g/mol. The predicted molar refractivity (Wildman–Crippen MR) is 103 cm³/mol. The molecule has 0 atom stereocenters. The Kier molecular flexibility index (Phi) is 5.73. The number of carbonyl (C=O) groups is 1. The average Bonchev–Trinajstić information content (AvgIpc) is 2.68. The molecule has 0 unspecified atom stereocenters. The van der Waals surface area contributed by atoms with Crippen LogP contribution >= 0.6 is 0 Å². The first-order chi connectivity index (χ1) is 12.7. The third-order valence-corrected chi connectivity index (χ3v) is 4.18. The van der Waals surface area contributed by atoms with E-state index in [-0.39, 0.29) is 5.84 Å². The van der Waals surface area contributed by atoms with Crippen molar-refractivity contribution in [2.45, 2.75) is 19.8 Å². The Labute approximate surface area is 153 Å². The van der Waals surface area contributed by atoms with E-state index in [1.165, 1.54) is 5.56 Å². The molecule has 26 heavy (non-hydrogen) atoms. The van der Waals surface area contributed by atoms with Crippen LogP contribution in [0.3, 0.4) is 0 Å². The van der Waals surface area contributed by atoms with Crippen LogP contribution in [0.1, 0.15) is 18.9 Å². The lowest BCUT2D eigenvalue weighted by Gasteiger charge is -2.30. The number of carbonyl (C=O) groups excluding carboxylic acids is 1. The molecule has 0 fully saturated rings. The zero-order valence-corrected chi connectivity index (χ0v) is 15.1. The molecule has 0 spiro atoms. The molecular formula is C20H23N3O3. The van der Waals surface area contributed by atoms with Crippen molar-refractivity contribution < 1.29 is 14.3 Å². The standard InChI is InChI=1S/C20H23N3O3/c1-3-26-20(24)19(22-21-16-10-6-11-17(14-16)25-2)23-13-7-9-15-8-4-5-12-18(15)23/h4-6,8,10-12,14,21H,3,7,9,13H2,1-2H3/b22-19-. The van der Waals surface area contributed by atoms with E-state index in [1.54, 1.807) is 14.0 Å². The summed E-state index contributed by atoms with van der Waals surface area (Å²) in [6.07, 6.45) is 1.95. The monoisotopic (exact) mass is 353 g/mol. The van der Waals surface area contributed by atoms with Crippen molar-refractivity contribution in [3.05, 3.63) is 54.1 Å². The SMILES string of the molecule is CCOC(=O)/C(=N/Nc1cccc(OC)c1)N1CCCc2ccccc21. The molecule has 1 aliphatic rings. The van der Waals surface area contributed by atoms with Crippen molar-refractivity contribution in [3.63, 3.8) is 0 Å². The van der Waals surface area contributed by atoms with Gasteiger partial charge in [-0.3, -0.25) is 5.43 Å². The second-order valence-corrected chi connectivity index (χ2v) is 5.88. The number of hydrogen-bond donors (Lipinski definition) is 1. The highest BCUT2D eigenvalue weighted by Crippen LogP contribution is 2.27. The summed E-state index contributed by atoms with van der Waals surface area (Å²) >= 11 is 0. The highest BCUT2D eigenvalue weighted by Gasteiger charge is 2.26. The maximum atomic E-state index is 12.5. The molecule has 1 aliphatic heterocycles. The molecule has 0 aliphatic carbocycles. The van der Waals surface area contributed by atoms with Crippen molar-refractivity contribution in [3.8, 4) is 5.75 Å². The molecule has 136 valence electrons. The summed E-state index contributed by atoms with van der Waals surface area (Å²) in [6, 6.07) is 15.5. The molecule has 2 aromatic rings. The largest absolute Gasteiger partial charge is 0.497 e. The third kappa shape index (κ3) is 3.96. The Morgan fingerprint density at radius 1 is 1.23 bits per heavy atom. The molecule has 0 amide bonds. The summed E-state index contributed by atoms with van der Waals surface area (Å²) in [5.41, 5.74) is 5.89. The predicted octanol–water partition coefficient (Wildman–Crippen LogP) is 3.44. The zero-order chi connectivity index (χ0) is 18.4. The van der Waals surface area contributed by atoms with Crippen molar-refractivity contribution >= 4 is 23.2 Å². The summed E-state index contributed by atoms with van der Waals surface area (Å²) < 4.78 is 10.4. The van der Waals surface area contributed by atoms with Gasteiger partial charge in [-0.2, -0.15) is 0 Å². The second-order valence-electron chi connectivity index (χ2n) is 5.88. The number of benzene rings is 2. The molecule has 0 saturated heterocycles. The van der Waals surface area contributed by atoms with Crippen LogP contribution in [0.15, 0.2) is 53.6 Å². The van der Waals surface area contributed by atoms with Crippen LogP contribution in [0, 0.1) is 0 Å². The van der Waals surface area contributed by atoms with Crippen molar-refractivity contribution in [2.24, 2.45) is 5.10 Å². The van der Waals surface area contributed by atoms with Gasteiger partial charge in [-0.15, -0.1) is 5.10 Å². The minimum atomic E-state index is -0.445. The van der Waals surface area contributed by atoms with Gasteiger partial charge >= 0.3 is 5.97 Å². The number of aryl methyl sites for hydroxylation is 1. The van der Waals surface area contributed by atoms with Crippen LogP contribution in [0.4, 0.5) is 11.4 Å². The Morgan fingerprint density at radius 3 is 2.88 bits per heavy atom. The van der Waals surface area contributed by atoms with E-state index in [2.05, 4.69) is 16.6 Å². The minimum Gasteiger partial charge on any atom is -0.497 e. The van der Waals surface area contributed by atoms with Gasteiger partial charge < -0.3 is 14.4 Å². The Morgan fingerprint density at radius 2 is 2.08 bits per heavy atom. The van der Waals surface area contributed by atoms with Crippen LogP contribution in [0.2, 0.25) is 0 Å². The van der Waals surface area contributed by atoms with Crippen LogP contribution in [0.25, 0.3) is 0 Å². The number of nitrogens with zero attached hydrogens (tertiary/aromatic N) is 2. The number of nitrogens with one attached hydrogen (secondary N) is 1. The number of esters is 1. The van der Waals surface area contributed by atoms with E-state index >= 15 is 0 Å². The van der Waals surface area contributed by atoms with Gasteiger partial charge in [0.25, 0.3) is 0 Å². The number of hydrazone groups is 1. The topological polar surface area (TPSA) is 63.2 Å². The minimum absolute atomic E-state index is 0.252. The smallest absolute Gasteiger partial charge is 0.376 e. The summed E-state index contributed by atoms with van der Waals surface area (Å²) in [6.45, 7) is 2.80. The number of methoxy groups -OCH3 is 1. The van der Waals surface area contributed by atoms with Gasteiger partial charge in [-0.25, -0.2) is 4.79 Å². The van der Waals surface area contributed by atoms with E-state index in [1.807, 2.05) is 47.4 Å². The van der Waals surface area contributed by atoms with Crippen LogP contribution in [0.5, 0.6) is 5.75 Å². The highest BCUT2D eigenvalue weighted by molar-refractivity contribution is 6.41. The normalized spacial score (nSPS) is 13.8. The first kappa shape index (κ1) is 17.8. The number of rotatable bonds is 4.